The van der Waals surface area contributed by atoms with Crippen LogP contribution >= 0.6 is 0 Å². The maximum absolute atomic E-state index is 12.5. The summed E-state index contributed by atoms with van der Waals surface area (Å²) in [6, 6.07) is 15.1. The van der Waals surface area contributed by atoms with Gasteiger partial charge >= 0.3 is 12.4 Å². The number of ether oxygens (including phenoxy) is 2. The fourth-order valence-electron chi connectivity index (χ4n) is 3.46. The zero-order valence-corrected chi connectivity index (χ0v) is 17.4. The van der Waals surface area contributed by atoms with Crippen LogP contribution in [0.4, 0.5) is 35.0 Å². The summed E-state index contributed by atoms with van der Waals surface area (Å²) in [5, 5.41) is 5.21. The second-order valence-electron chi connectivity index (χ2n) is 7.27. The highest BCUT2D eigenvalue weighted by Gasteiger charge is 2.31. The maximum atomic E-state index is 12.5. The Bertz CT molecular complexity index is 1100. The van der Waals surface area contributed by atoms with Crippen molar-refractivity contribution in [1.29, 1.82) is 0 Å². The molecule has 0 saturated carbocycles. The number of anilines is 3. The molecular weight excluding hydrogens is 437 g/mol. The predicted molar refractivity (Wildman–Crippen MR) is 118 cm³/mol. The van der Waals surface area contributed by atoms with Crippen molar-refractivity contribution >= 4 is 23.1 Å². The van der Waals surface area contributed by atoms with E-state index in [0.717, 1.165) is 43.8 Å². The van der Waals surface area contributed by atoms with Crippen LogP contribution in [0.1, 0.15) is 12.8 Å². The van der Waals surface area contributed by atoms with Gasteiger partial charge in [0.15, 0.2) is 5.75 Å². The molecule has 2 aromatic carbocycles. The van der Waals surface area contributed by atoms with E-state index in [1.165, 1.54) is 12.1 Å². The largest absolute Gasteiger partial charge is 0.573 e. The van der Waals surface area contributed by atoms with Crippen LogP contribution in [0.3, 0.4) is 0 Å². The lowest BCUT2D eigenvalue weighted by atomic mass is 10.2. The summed E-state index contributed by atoms with van der Waals surface area (Å²) < 4.78 is 46.7. The van der Waals surface area contributed by atoms with Crippen LogP contribution in [-0.2, 0) is 0 Å². The van der Waals surface area contributed by atoms with Gasteiger partial charge in [-0.2, -0.15) is 0 Å². The van der Waals surface area contributed by atoms with Crippen molar-refractivity contribution in [2.75, 3.05) is 28.6 Å². The number of carbonyl (C=O) groups is 1. The standard InChI is InChI=1S/C23H21F3N4O3/c24-23(25,26)33-17-11-9-16(10-12-17)28-22(31)29-18-6-5-13-27-21(18)32-20-8-2-1-7-19(20)30-14-3-4-15-30/h1-2,5-13H,3-4,14-15H2,(H2,28,29,31). The number of aromatic nitrogens is 1. The number of hydrogen-bond donors (Lipinski definition) is 2. The average molecular weight is 458 g/mol. The summed E-state index contributed by atoms with van der Waals surface area (Å²) in [7, 11) is 0. The number of para-hydroxylation sites is 2. The van der Waals surface area contributed by atoms with E-state index in [1.54, 1.807) is 18.3 Å². The number of nitrogens with one attached hydrogen (secondary N) is 2. The SMILES string of the molecule is O=C(Nc1ccc(OC(F)(F)F)cc1)Nc1cccnc1Oc1ccccc1N1CCCC1. The van der Waals surface area contributed by atoms with Crippen LogP contribution in [0.2, 0.25) is 0 Å². The fourth-order valence-corrected chi connectivity index (χ4v) is 3.46. The van der Waals surface area contributed by atoms with E-state index in [2.05, 4.69) is 25.3 Å². The van der Waals surface area contributed by atoms with Crippen molar-refractivity contribution in [3.63, 3.8) is 0 Å². The van der Waals surface area contributed by atoms with E-state index >= 15 is 0 Å². The van der Waals surface area contributed by atoms with Crippen LogP contribution < -0.4 is 25.0 Å². The number of amides is 2. The summed E-state index contributed by atoms with van der Waals surface area (Å²) >= 11 is 0. The summed E-state index contributed by atoms with van der Waals surface area (Å²) in [6.07, 6.45) is -0.991. The van der Waals surface area contributed by atoms with Crippen molar-refractivity contribution in [3.8, 4) is 17.4 Å². The molecule has 0 spiro atoms. The Kier molecular flexibility index (Phi) is 6.53. The number of hydrogen-bond acceptors (Lipinski definition) is 5. The summed E-state index contributed by atoms with van der Waals surface area (Å²) in [5.41, 5.74) is 1.58. The van der Waals surface area contributed by atoms with Crippen molar-refractivity contribution in [1.82, 2.24) is 4.98 Å². The Morgan fingerprint density at radius 2 is 1.67 bits per heavy atom. The van der Waals surface area contributed by atoms with Gasteiger partial charge in [0.2, 0.25) is 5.88 Å². The third-order valence-electron chi connectivity index (χ3n) is 4.88. The average Bonchev–Trinajstić information content (AvgIpc) is 3.31. The van der Waals surface area contributed by atoms with Gasteiger partial charge in [-0.25, -0.2) is 9.78 Å². The third-order valence-corrected chi connectivity index (χ3v) is 4.88. The molecule has 1 aliphatic rings. The van der Waals surface area contributed by atoms with E-state index in [0.29, 0.717) is 11.4 Å². The Morgan fingerprint density at radius 1 is 0.939 bits per heavy atom. The number of benzene rings is 2. The van der Waals surface area contributed by atoms with Crippen LogP contribution in [0.25, 0.3) is 0 Å². The first-order valence-corrected chi connectivity index (χ1v) is 10.3. The van der Waals surface area contributed by atoms with Gasteiger partial charge < -0.3 is 25.0 Å². The lowest BCUT2D eigenvalue weighted by Gasteiger charge is -2.21. The van der Waals surface area contributed by atoms with E-state index in [-0.39, 0.29) is 17.3 Å². The number of nitrogens with zero attached hydrogens (tertiary/aromatic N) is 2. The number of urea groups is 1. The van der Waals surface area contributed by atoms with Gasteiger partial charge in [0.05, 0.1) is 5.69 Å². The third kappa shape index (κ3) is 6.06. The van der Waals surface area contributed by atoms with Gasteiger partial charge in [-0.1, -0.05) is 12.1 Å². The summed E-state index contributed by atoms with van der Waals surface area (Å²) in [5.74, 6) is 0.461. The molecule has 1 aromatic heterocycles. The molecule has 0 atom stereocenters. The van der Waals surface area contributed by atoms with Crippen LogP contribution in [-0.4, -0.2) is 30.5 Å². The van der Waals surface area contributed by atoms with E-state index in [9.17, 15) is 18.0 Å². The summed E-state index contributed by atoms with van der Waals surface area (Å²) in [6.45, 7) is 1.89. The number of pyridine rings is 1. The molecule has 0 radical (unpaired) electrons. The first kappa shape index (κ1) is 22.3. The molecule has 3 aromatic rings. The first-order chi connectivity index (χ1) is 15.9. The molecule has 172 valence electrons. The van der Waals surface area contributed by atoms with E-state index in [1.807, 2.05) is 24.3 Å². The lowest BCUT2D eigenvalue weighted by molar-refractivity contribution is -0.274. The fraction of sp³-hybridized carbons (Fsp3) is 0.217. The molecule has 1 saturated heterocycles. The zero-order valence-electron chi connectivity index (χ0n) is 17.4. The van der Waals surface area contributed by atoms with Gasteiger partial charge in [-0.05, 0) is 61.4 Å². The van der Waals surface area contributed by atoms with Gasteiger partial charge in [-0.3, -0.25) is 0 Å². The monoisotopic (exact) mass is 458 g/mol. The molecule has 33 heavy (non-hydrogen) atoms. The van der Waals surface area contributed by atoms with E-state index < -0.39 is 12.4 Å². The highest BCUT2D eigenvalue weighted by molar-refractivity contribution is 6.00. The molecule has 2 heterocycles. The zero-order chi connectivity index (χ0) is 23.3. The van der Waals surface area contributed by atoms with Gasteiger partial charge in [-0.15, -0.1) is 13.2 Å². The second-order valence-corrected chi connectivity index (χ2v) is 7.27. The second kappa shape index (κ2) is 9.68. The molecule has 0 unspecified atom stereocenters. The van der Waals surface area contributed by atoms with Crippen molar-refractivity contribution in [3.05, 3.63) is 66.9 Å². The van der Waals surface area contributed by atoms with Crippen molar-refractivity contribution < 1.29 is 27.4 Å². The molecule has 1 fully saturated rings. The molecule has 7 nitrogen and oxygen atoms in total. The lowest BCUT2D eigenvalue weighted by Crippen LogP contribution is -2.20. The topological polar surface area (TPSA) is 75.7 Å². The molecule has 10 heteroatoms. The maximum Gasteiger partial charge on any atom is 0.573 e. The molecular formula is C23H21F3N4O3. The predicted octanol–water partition coefficient (Wildman–Crippen LogP) is 6.02. The number of carbonyl (C=O) groups excluding carboxylic acids is 1. The van der Waals surface area contributed by atoms with Crippen LogP contribution in [0, 0.1) is 0 Å². The highest BCUT2D eigenvalue weighted by atomic mass is 19.4. The van der Waals surface area contributed by atoms with Gasteiger partial charge in [0, 0.05) is 25.0 Å². The van der Waals surface area contributed by atoms with Crippen molar-refractivity contribution in [2.24, 2.45) is 0 Å². The molecule has 2 amide bonds. The molecule has 0 bridgehead atoms. The number of rotatable bonds is 6. The minimum atomic E-state index is -4.78. The molecule has 4 rings (SSSR count). The van der Waals surface area contributed by atoms with Gasteiger partial charge in [0.1, 0.15) is 11.4 Å². The van der Waals surface area contributed by atoms with E-state index in [4.69, 9.17) is 4.74 Å². The number of halogens is 3. The first-order valence-electron chi connectivity index (χ1n) is 10.3. The quantitative estimate of drug-likeness (QED) is 0.473. The Morgan fingerprint density at radius 3 is 2.39 bits per heavy atom. The minimum absolute atomic E-state index is 0.216. The normalized spacial score (nSPS) is 13.5. The number of alkyl halides is 3. The Balaban J connectivity index is 1.44. The Labute approximate surface area is 188 Å². The van der Waals surface area contributed by atoms with Gasteiger partial charge in [0.25, 0.3) is 0 Å². The Hall–Kier alpha value is -3.95. The molecule has 2 N–H and O–H groups in total. The van der Waals surface area contributed by atoms with Crippen LogP contribution in [0.15, 0.2) is 66.9 Å². The molecule has 0 aliphatic carbocycles. The van der Waals surface area contributed by atoms with Crippen LogP contribution in [0.5, 0.6) is 17.4 Å². The molecule has 1 aliphatic heterocycles. The van der Waals surface area contributed by atoms with Crippen molar-refractivity contribution in [2.45, 2.75) is 19.2 Å². The summed E-state index contributed by atoms with van der Waals surface area (Å²) in [4.78, 5) is 18.9. The highest BCUT2D eigenvalue weighted by Crippen LogP contribution is 2.35. The minimum Gasteiger partial charge on any atom is -0.435 e. The smallest absolute Gasteiger partial charge is 0.435 e.